The number of fused-ring (bicyclic) bond motifs is 5. The van der Waals surface area contributed by atoms with Gasteiger partial charge in [0.05, 0.1) is 36.4 Å². The molecule has 0 spiro atoms. The van der Waals surface area contributed by atoms with E-state index in [-0.39, 0.29) is 36.0 Å². The van der Waals surface area contributed by atoms with Crippen LogP contribution < -0.4 is 17.0 Å². The van der Waals surface area contributed by atoms with Gasteiger partial charge in [0.25, 0.3) is 5.56 Å². The summed E-state index contributed by atoms with van der Waals surface area (Å²) in [5.41, 5.74) is 11.3. The smallest absolute Gasteiger partial charge is 0.381 e. The first-order valence-electron chi connectivity index (χ1n) is 12.7. The number of imidazole rings is 1. The predicted octanol–water partition coefficient (Wildman–Crippen LogP) is -0.101. The second kappa shape index (κ2) is 11.1. The largest absolute Gasteiger partial charge is 0.476 e. The average Bonchev–Trinajstić information content (AvgIpc) is 3.72. The molecule has 0 radical (unpaired) electrons. The average molecular weight is 696 g/mol. The number of aromatic amines is 1. The van der Waals surface area contributed by atoms with Crippen LogP contribution in [0, 0.1) is 0 Å². The third-order valence-corrected chi connectivity index (χ3v) is 10.4. The number of thiol groups is 2. The Kier molecular flexibility index (Phi) is 7.66. The third-order valence-electron chi connectivity index (χ3n) is 7.09. The molecule has 3 aliphatic heterocycles. The fourth-order valence-corrected chi connectivity index (χ4v) is 8.15. The molecular weight excluding hydrogens is 671 g/mol. The van der Waals surface area contributed by atoms with Crippen molar-refractivity contribution in [1.82, 2.24) is 44.5 Å². The minimum atomic E-state index is -4.12. The molecule has 20 nitrogen and oxygen atoms in total. The number of alkyl halides is 1. The summed E-state index contributed by atoms with van der Waals surface area (Å²) in [6.45, 7) is -0.946. The third kappa shape index (κ3) is 5.50. The zero-order chi connectivity index (χ0) is 31.0. The number of ether oxygens (including phenoxy) is 2. The second-order valence-electron chi connectivity index (χ2n) is 9.92. The van der Waals surface area contributed by atoms with E-state index >= 15 is 4.39 Å². The Hall–Kier alpha value is -2.40. The van der Waals surface area contributed by atoms with E-state index in [0.717, 1.165) is 4.68 Å². The number of nitrogens with two attached hydrogens (primary N) is 2. The van der Waals surface area contributed by atoms with Crippen molar-refractivity contribution in [2.75, 3.05) is 24.7 Å². The lowest BCUT2D eigenvalue weighted by Crippen LogP contribution is -2.33. The Balaban J connectivity index is 1.18. The molecule has 0 amide bonds. The van der Waals surface area contributed by atoms with Crippen molar-refractivity contribution in [2.24, 2.45) is 0 Å². The van der Waals surface area contributed by atoms with Gasteiger partial charge in [0.15, 0.2) is 41.1 Å². The normalized spacial score (nSPS) is 36.6. The molecule has 2 unspecified atom stereocenters. The van der Waals surface area contributed by atoms with Crippen molar-refractivity contribution in [1.29, 1.82) is 0 Å². The maximum Gasteiger partial charge on any atom is 0.476 e. The van der Waals surface area contributed by atoms with Gasteiger partial charge in [-0.15, -0.1) is 5.10 Å². The van der Waals surface area contributed by atoms with Gasteiger partial charge in [0, 0.05) is 6.42 Å². The van der Waals surface area contributed by atoms with Crippen LogP contribution in [0.4, 0.5) is 16.2 Å². The summed E-state index contributed by atoms with van der Waals surface area (Å²) >= 11 is 8.35. The van der Waals surface area contributed by atoms with Gasteiger partial charge in [-0.05, 0) is 0 Å². The molecule has 2 bridgehead atoms. The summed E-state index contributed by atoms with van der Waals surface area (Å²) in [5, 5.41) is 11.8. The minimum absolute atomic E-state index is 0.143. The lowest BCUT2D eigenvalue weighted by Gasteiger charge is -2.22. The summed E-state index contributed by atoms with van der Waals surface area (Å²) in [6.07, 6.45) is -6.09. The monoisotopic (exact) mass is 695 g/mol. The molecule has 9 atom stereocenters. The summed E-state index contributed by atoms with van der Waals surface area (Å²) in [6, 6.07) is 0. The molecule has 3 saturated heterocycles. The number of rotatable bonds is 2. The Morgan fingerprint density at radius 1 is 1.05 bits per heavy atom. The molecule has 7 N–H and O–H groups in total. The highest BCUT2D eigenvalue weighted by Crippen LogP contribution is 2.67. The molecule has 0 aromatic carbocycles. The van der Waals surface area contributed by atoms with Crippen molar-refractivity contribution in [2.45, 2.75) is 49.3 Å². The van der Waals surface area contributed by atoms with Crippen LogP contribution >= 0.6 is 38.8 Å². The Morgan fingerprint density at radius 3 is 2.59 bits per heavy atom. The number of hydrogen-bond acceptors (Lipinski definition) is 19. The van der Waals surface area contributed by atoms with Crippen molar-refractivity contribution >= 4 is 67.4 Å². The van der Waals surface area contributed by atoms with Gasteiger partial charge in [-0.1, -0.05) is 5.21 Å². The zero-order valence-electron chi connectivity index (χ0n) is 22.0. The van der Waals surface area contributed by atoms with Crippen molar-refractivity contribution in [3.8, 4) is 0 Å². The number of anilines is 2. The van der Waals surface area contributed by atoms with E-state index in [1.54, 1.807) is 0 Å². The van der Waals surface area contributed by atoms with Crippen LogP contribution in [0.15, 0.2) is 17.3 Å². The van der Waals surface area contributed by atoms with E-state index < -0.39 is 69.4 Å². The molecule has 4 aromatic heterocycles. The van der Waals surface area contributed by atoms with Crippen LogP contribution in [0.3, 0.4) is 0 Å². The SMILES string of the molecule is Nc1nc2c(nnn2[C@@H]2O[C@@H]3CO[P+](O)(S)O[C@H]4C[C@H](c5cnc6c(N)ncnn56)O[C@@H]4CO[P+](O)(S)O[C@@H]2[C@H]3F)c(=O)[nH]1. The Bertz CT molecular complexity index is 1780. The predicted molar refractivity (Wildman–Crippen MR) is 154 cm³/mol. The standard InChI is InChI=1S/C19H23FN11O9P2S2/c20-11-10-4-36-41(33,43)39-8-1-7(6-2-23-16-14(21)24-5-25-30(6)16)37-9(8)3-35-42(34,44)40-13(11)18(38-10)31-15-12(28-29-31)17(32)27-19(22)26-15/h2,5,7-11,13,18,33-34,43-44H,1,3-4H2,(H4-,21,22,24,25,26,27,29,32)/q+1/p+1/t7-,8+,9-,10-,11+,13-,18-,41?,42?/m1/s1. The van der Waals surface area contributed by atoms with E-state index in [1.165, 1.54) is 17.0 Å². The van der Waals surface area contributed by atoms with Crippen molar-refractivity contribution in [3.63, 3.8) is 0 Å². The molecule has 44 heavy (non-hydrogen) atoms. The summed E-state index contributed by atoms with van der Waals surface area (Å²) in [5.74, 6) is -0.1000. The Labute approximate surface area is 256 Å². The van der Waals surface area contributed by atoms with E-state index in [1.807, 2.05) is 0 Å². The molecule has 7 rings (SSSR count). The molecule has 4 aromatic rings. The van der Waals surface area contributed by atoms with E-state index in [4.69, 9.17) is 39.0 Å². The van der Waals surface area contributed by atoms with Gasteiger partial charge in [-0.3, -0.25) is 9.78 Å². The first-order chi connectivity index (χ1) is 20.9. The fourth-order valence-electron chi connectivity index (χ4n) is 5.14. The lowest BCUT2D eigenvalue weighted by molar-refractivity contribution is -0.0613. The summed E-state index contributed by atoms with van der Waals surface area (Å²) in [7, 11) is -8.05. The van der Waals surface area contributed by atoms with Crippen LogP contribution in [0.5, 0.6) is 0 Å². The van der Waals surface area contributed by atoms with Crippen molar-refractivity contribution < 1.29 is 41.7 Å². The first-order valence-corrected chi connectivity index (χ1v) is 18.2. The van der Waals surface area contributed by atoms with Crippen LogP contribution in [-0.4, -0.2) is 98.1 Å². The molecule has 0 aliphatic carbocycles. The van der Waals surface area contributed by atoms with E-state index in [9.17, 15) is 14.6 Å². The number of nitrogens with zero attached hydrogens (tertiary/aromatic N) is 8. The zero-order valence-corrected chi connectivity index (χ0v) is 25.5. The van der Waals surface area contributed by atoms with Gasteiger partial charge in [-0.2, -0.15) is 42.6 Å². The summed E-state index contributed by atoms with van der Waals surface area (Å²) in [4.78, 5) is 48.8. The molecule has 3 fully saturated rings. The minimum Gasteiger partial charge on any atom is -0.381 e. The van der Waals surface area contributed by atoms with Gasteiger partial charge < -0.3 is 20.9 Å². The topological polar surface area (TPSA) is 267 Å². The number of halogens is 1. The van der Waals surface area contributed by atoms with Crippen LogP contribution in [0.25, 0.3) is 16.8 Å². The quantitative estimate of drug-likeness (QED) is 0.107. The molecule has 236 valence electrons. The Morgan fingerprint density at radius 2 is 1.80 bits per heavy atom. The van der Waals surface area contributed by atoms with E-state index in [0.29, 0.717) is 11.3 Å². The summed E-state index contributed by atoms with van der Waals surface area (Å²) < 4.78 is 52.9. The first kappa shape index (κ1) is 30.3. The number of hydrogen-bond donors (Lipinski definition) is 7. The molecule has 0 saturated carbocycles. The molecular formula is C19H24FN11O9P2S2+2. The van der Waals surface area contributed by atoms with Crippen LogP contribution in [0.2, 0.25) is 0 Å². The van der Waals surface area contributed by atoms with Crippen molar-refractivity contribution in [3.05, 3.63) is 28.6 Å². The fraction of sp³-hybridized carbons (Fsp3) is 0.526. The molecule has 3 aliphatic rings. The lowest BCUT2D eigenvalue weighted by atomic mass is 10.1. The van der Waals surface area contributed by atoms with E-state index in [2.05, 4.69) is 59.8 Å². The number of aromatic nitrogens is 9. The highest BCUT2D eigenvalue weighted by atomic mass is 32.7. The van der Waals surface area contributed by atoms with Gasteiger partial charge in [-0.25, -0.2) is 18.9 Å². The van der Waals surface area contributed by atoms with Crippen LogP contribution in [0.1, 0.15) is 24.4 Å². The number of H-pyrrole nitrogens is 1. The highest BCUT2D eigenvalue weighted by molar-refractivity contribution is 8.47. The maximum absolute atomic E-state index is 15.8. The highest BCUT2D eigenvalue weighted by Gasteiger charge is 2.58. The molecule has 25 heteroatoms. The number of nitrogen functional groups attached to an aromatic ring is 2. The van der Waals surface area contributed by atoms with Gasteiger partial charge >= 0.3 is 14.3 Å². The maximum atomic E-state index is 15.8. The number of nitrogens with one attached hydrogen (secondary N) is 1. The van der Waals surface area contributed by atoms with Gasteiger partial charge in [0.2, 0.25) is 5.95 Å². The molecule has 7 heterocycles. The van der Waals surface area contributed by atoms with Gasteiger partial charge in [0.1, 0.15) is 44.0 Å². The second-order valence-corrected chi connectivity index (χ2v) is 15.8. The van der Waals surface area contributed by atoms with Crippen LogP contribution in [-0.2, 0) is 27.6 Å².